The molecule has 1 N–H and O–H groups in total. The van der Waals surface area contributed by atoms with Gasteiger partial charge in [0.15, 0.2) is 0 Å². The van der Waals surface area contributed by atoms with Crippen LogP contribution in [0.3, 0.4) is 0 Å². The third kappa shape index (κ3) is 4.32. The van der Waals surface area contributed by atoms with Gasteiger partial charge in [-0.25, -0.2) is 13.1 Å². The Labute approximate surface area is 142 Å². The summed E-state index contributed by atoms with van der Waals surface area (Å²) in [7, 11) is -2.09. The molecule has 1 unspecified atom stereocenters. The van der Waals surface area contributed by atoms with Gasteiger partial charge in [0.25, 0.3) is 0 Å². The molecule has 0 aliphatic heterocycles. The van der Waals surface area contributed by atoms with Crippen molar-refractivity contribution >= 4 is 21.6 Å². The molecule has 0 saturated heterocycles. The molecule has 0 aliphatic rings. The Morgan fingerprint density at radius 3 is 2.48 bits per heavy atom. The van der Waals surface area contributed by atoms with E-state index in [0.717, 1.165) is 11.1 Å². The lowest BCUT2D eigenvalue weighted by atomic mass is 10.0. The van der Waals surface area contributed by atoms with E-state index in [1.54, 1.807) is 26.2 Å². The summed E-state index contributed by atoms with van der Waals surface area (Å²) >= 11 is 5.91. The SMILES string of the molecule is COC(CNS(=O)(=O)c1cc(Cl)ccc1C)c1ccccc1C. The number of nitrogens with one attached hydrogen (secondary N) is 1. The average molecular weight is 354 g/mol. The first-order chi connectivity index (χ1) is 10.8. The highest BCUT2D eigenvalue weighted by atomic mass is 35.5. The van der Waals surface area contributed by atoms with Gasteiger partial charge in [-0.05, 0) is 42.7 Å². The molecule has 0 heterocycles. The number of halogens is 1. The zero-order valence-electron chi connectivity index (χ0n) is 13.3. The van der Waals surface area contributed by atoms with E-state index in [1.165, 1.54) is 6.07 Å². The van der Waals surface area contributed by atoms with Crippen molar-refractivity contribution in [2.45, 2.75) is 24.8 Å². The number of hydrogen-bond acceptors (Lipinski definition) is 3. The molecule has 0 amide bonds. The number of sulfonamides is 1. The van der Waals surface area contributed by atoms with Crippen LogP contribution in [0, 0.1) is 13.8 Å². The number of benzene rings is 2. The Kier molecular flexibility index (Phi) is 5.81. The maximum Gasteiger partial charge on any atom is 0.240 e. The largest absolute Gasteiger partial charge is 0.375 e. The number of hydrogen-bond donors (Lipinski definition) is 1. The molecule has 0 fully saturated rings. The van der Waals surface area contributed by atoms with Gasteiger partial charge in [-0.15, -0.1) is 0 Å². The van der Waals surface area contributed by atoms with E-state index in [4.69, 9.17) is 16.3 Å². The Morgan fingerprint density at radius 2 is 1.83 bits per heavy atom. The van der Waals surface area contributed by atoms with Gasteiger partial charge in [0, 0.05) is 18.7 Å². The van der Waals surface area contributed by atoms with Crippen LogP contribution >= 0.6 is 11.6 Å². The van der Waals surface area contributed by atoms with E-state index in [1.807, 2.05) is 31.2 Å². The average Bonchev–Trinajstić information content (AvgIpc) is 2.51. The van der Waals surface area contributed by atoms with Crippen molar-refractivity contribution in [3.63, 3.8) is 0 Å². The Balaban J connectivity index is 2.21. The van der Waals surface area contributed by atoms with Crippen molar-refractivity contribution in [1.82, 2.24) is 4.72 Å². The number of ether oxygens (including phenoxy) is 1. The fraction of sp³-hybridized carbons (Fsp3) is 0.294. The van der Waals surface area contributed by atoms with Gasteiger partial charge in [-0.1, -0.05) is 41.9 Å². The lowest BCUT2D eigenvalue weighted by Crippen LogP contribution is -2.30. The molecular formula is C17H20ClNO3S. The van der Waals surface area contributed by atoms with Crippen molar-refractivity contribution in [2.75, 3.05) is 13.7 Å². The predicted molar refractivity (Wildman–Crippen MR) is 92.3 cm³/mol. The van der Waals surface area contributed by atoms with Crippen LogP contribution in [-0.4, -0.2) is 22.1 Å². The topological polar surface area (TPSA) is 55.4 Å². The van der Waals surface area contributed by atoms with Gasteiger partial charge >= 0.3 is 0 Å². The number of aryl methyl sites for hydroxylation is 2. The van der Waals surface area contributed by atoms with E-state index in [2.05, 4.69) is 4.72 Å². The number of rotatable bonds is 6. The molecule has 2 aromatic carbocycles. The summed E-state index contributed by atoms with van der Waals surface area (Å²) in [6, 6.07) is 12.6. The molecule has 1 atom stereocenters. The lowest BCUT2D eigenvalue weighted by Gasteiger charge is -2.19. The van der Waals surface area contributed by atoms with E-state index in [-0.39, 0.29) is 17.5 Å². The van der Waals surface area contributed by atoms with Gasteiger partial charge < -0.3 is 4.74 Å². The zero-order valence-corrected chi connectivity index (χ0v) is 14.9. The van der Waals surface area contributed by atoms with Crippen LogP contribution in [0.1, 0.15) is 22.8 Å². The second-order valence-corrected chi connectivity index (χ2v) is 7.51. The van der Waals surface area contributed by atoms with Crippen molar-refractivity contribution in [1.29, 1.82) is 0 Å². The fourth-order valence-corrected chi connectivity index (χ4v) is 3.93. The molecule has 0 aromatic heterocycles. The Bertz CT molecular complexity index is 790. The summed E-state index contributed by atoms with van der Waals surface area (Å²) in [6.07, 6.45) is -0.356. The smallest absolute Gasteiger partial charge is 0.240 e. The molecular weight excluding hydrogens is 334 g/mol. The second kappa shape index (κ2) is 7.45. The Hall–Kier alpha value is -1.40. The number of methoxy groups -OCH3 is 1. The lowest BCUT2D eigenvalue weighted by molar-refractivity contribution is 0.107. The third-order valence-electron chi connectivity index (χ3n) is 3.72. The van der Waals surface area contributed by atoms with Crippen LogP contribution < -0.4 is 4.72 Å². The van der Waals surface area contributed by atoms with Crippen molar-refractivity contribution in [3.05, 3.63) is 64.2 Å². The molecule has 23 heavy (non-hydrogen) atoms. The molecule has 2 rings (SSSR count). The van der Waals surface area contributed by atoms with Crippen molar-refractivity contribution < 1.29 is 13.2 Å². The molecule has 0 saturated carbocycles. The summed E-state index contributed by atoms with van der Waals surface area (Å²) in [5.74, 6) is 0. The van der Waals surface area contributed by atoms with E-state index >= 15 is 0 Å². The van der Waals surface area contributed by atoms with Gasteiger partial charge in [-0.3, -0.25) is 0 Å². The van der Waals surface area contributed by atoms with E-state index in [9.17, 15) is 8.42 Å². The monoisotopic (exact) mass is 353 g/mol. The summed E-state index contributed by atoms with van der Waals surface area (Å²) in [5.41, 5.74) is 2.66. The predicted octanol–water partition coefficient (Wildman–Crippen LogP) is 3.62. The first-order valence-electron chi connectivity index (χ1n) is 7.19. The molecule has 0 aliphatic carbocycles. The molecule has 124 valence electrons. The van der Waals surface area contributed by atoms with Crippen LogP contribution in [0.4, 0.5) is 0 Å². The van der Waals surface area contributed by atoms with Crippen LogP contribution in [0.5, 0.6) is 0 Å². The van der Waals surface area contributed by atoms with Gasteiger partial charge in [0.05, 0.1) is 11.0 Å². The minimum atomic E-state index is -3.65. The summed E-state index contributed by atoms with van der Waals surface area (Å²) in [5, 5.41) is 0.387. The van der Waals surface area contributed by atoms with Crippen LogP contribution in [0.25, 0.3) is 0 Å². The maximum atomic E-state index is 12.5. The second-order valence-electron chi connectivity index (χ2n) is 5.34. The van der Waals surface area contributed by atoms with Crippen LogP contribution in [-0.2, 0) is 14.8 Å². The molecule has 6 heteroatoms. The highest BCUT2D eigenvalue weighted by Crippen LogP contribution is 2.23. The van der Waals surface area contributed by atoms with Crippen molar-refractivity contribution in [2.24, 2.45) is 0 Å². The molecule has 4 nitrogen and oxygen atoms in total. The highest BCUT2D eigenvalue weighted by molar-refractivity contribution is 7.89. The minimum absolute atomic E-state index is 0.148. The normalized spacial score (nSPS) is 13.0. The zero-order chi connectivity index (χ0) is 17.0. The quantitative estimate of drug-likeness (QED) is 0.862. The first-order valence-corrected chi connectivity index (χ1v) is 9.05. The van der Waals surface area contributed by atoms with Gasteiger partial charge in [0.1, 0.15) is 0 Å². The fourth-order valence-electron chi connectivity index (χ4n) is 2.39. The highest BCUT2D eigenvalue weighted by Gasteiger charge is 2.20. The van der Waals surface area contributed by atoms with E-state index in [0.29, 0.717) is 10.6 Å². The van der Waals surface area contributed by atoms with Crippen LogP contribution in [0.2, 0.25) is 5.02 Å². The standard InChI is InChI=1S/C17H20ClNO3S/c1-12-6-4-5-7-15(12)16(22-3)11-19-23(20,21)17-10-14(18)9-8-13(17)2/h4-10,16,19H,11H2,1-3H3. The molecule has 0 bridgehead atoms. The maximum absolute atomic E-state index is 12.5. The van der Waals surface area contributed by atoms with Gasteiger partial charge in [0.2, 0.25) is 10.0 Å². The molecule has 2 aromatic rings. The first kappa shape index (κ1) is 17.9. The molecule has 0 spiro atoms. The van der Waals surface area contributed by atoms with E-state index < -0.39 is 10.0 Å². The van der Waals surface area contributed by atoms with Crippen molar-refractivity contribution in [3.8, 4) is 0 Å². The summed E-state index contributed by atoms with van der Waals surface area (Å²) < 4.78 is 33.1. The summed E-state index contributed by atoms with van der Waals surface area (Å²) in [6.45, 7) is 3.85. The van der Waals surface area contributed by atoms with Crippen LogP contribution in [0.15, 0.2) is 47.4 Å². The van der Waals surface area contributed by atoms with Gasteiger partial charge in [-0.2, -0.15) is 0 Å². The molecule has 0 radical (unpaired) electrons. The Morgan fingerprint density at radius 1 is 1.13 bits per heavy atom. The minimum Gasteiger partial charge on any atom is -0.375 e. The summed E-state index contributed by atoms with van der Waals surface area (Å²) in [4.78, 5) is 0.185. The third-order valence-corrected chi connectivity index (χ3v) is 5.52.